The molecule has 0 spiro atoms. The van der Waals surface area contributed by atoms with E-state index in [4.69, 9.17) is 0 Å². The Labute approximate surface area is 203 Å². The molecule has 4 aromatic heterocycles. The summed E-state index contributed by atoms with van der Waals surface area (Å²) in [5, 5.41) is 15.5. The van der Waals surface area contributed by atoms with Crippen molar-refractivity contribution in [2.24, 2.45) is 17.8 Å². The van der Waals surface area contributed by atoms with Crippen LogP contribution < -0.4 is 5.32 Å². The summed E-state index contributed by atoms with van der Waals surface area (Å²) >= 11 is 1.37. The van der Waals surface area contributed by atoms with Gasteiger partial charge in [0.15, 0.2) is 17.5 Å². The van der Waals surface area contributed by atoms with Crippen LogP contribution in [-0.4, -0.2) is 37.1 Å². The van der Waals surface area contributed by atoms with E-state index >= 15 is 4.39 Å². The molecule has 0 radical (unpaired) electrons. The topological polar surface area (TPSA) is 104 Å². The summed E-state index contributed by atoms with van der Waals surface area (Å²) in [6.07, 6.45) is 6.33. The van der Waals surface area contributed by atoms with E-state index in [0.29, 0.717) is 21.5 Å². The highest BCUT2D eigenvalue weighted by atomic mass is 32.1. The van der Waals surface area contributed by atoms with E-state index in [2.05, 4.69) is 25.3 Å². The van der Waals surface area contributed by atoms with Gasteiger partial charge in [-0.15, -0.1) is 11.3 Å². The second-order valence-corrected chi connectivity index (χ2v) is 10.4. The molecular formula is C25H23F2N5O2S. The van der Waals surface area contributed by atoms with Crippen LogP contribution in [0.2, 0.25) is 0 Å². The number of pyridine rings is 1. The zero-order valence-corrected chi connectivity index (χ0v) is 19.7. The predicted octanol–water partition coefficient (Wildman–Crippen LogP) is 5.64. The van der Waals surface area contributed by atoms with Crippen molar-refractivity contribution in [3.8, 4) is 22.0 Å². The highest BCUT2D eigenvalue weighted by Crippen LogP contribution is 2.47. The Hall–Kier alpha value is -3.40. The Morgan fingerprint density at radius 3 is 2.66 bits per heavy atom. The SMILES string of the molecule is Cc1csc(-c2nc(-c3c[nH]c4ncc(F)cc34)nc(NC3C4CCC(CC4)C3C(=O)O)c2F)c1. The van der Waals surface area contributed by atoms with Gasteiger partial charge in [-0.3, -0.25) is 4.79 Å². The van der Waals surface area contributed by atoms with Gasteiger partial charge >= 0.3 is 5.97 Å². The van der Waals surface area contributed by atoms with Crippen molar-refractivity contribution < 1.29 is 18.7 Å². The van der Waals surface area contributed by atoms with Gasteiger partial charge in [0.1, 0.15) is 17.2 Å². The standard InChI is InChI=1S/C25H23F2N5O2S/c1-11-6-17(35-10-11)21-19(27)24(30-20-13-4-2-12(3-5-13)18(20)25(33)34)32-23(31-21)16-9-29-22-15(16)7-14(26)8-28-22/h6-10,12-13,18,20H,2-5H2,1H3,(H,28,29)(H,33,34)(H,30,31,32). The minimum atomic E-state index is -0.862. The zero-order valence-electron chi connectivity index (χ0n) is 18.9. The van der Waals surface area contributed by atoms with Crippen molar-refractivity contribution in [3.63, 3.8) is 0 Å². The van der Waals surface area contributed by atoms with Crippen molar-refractivity contribution >= 4 is 34.2 Å². The summed E-state index contributed by atoms with van der Waals surface area (Å²) in [7, 11) is 0. The fraction of sp³-hybridized carbons (Fsp3) is 0.360. The van der Waals surface area contributed by atoms with E-state index in [0.717, 1.165) is 37.4 Å². The number of carboxylic acids is 1. The van der Waals surface area contributed by atoms with Crippen LogP contribution in [-0.2, 0) is 4.79 Å². The number of anilines is 1. The van der Waals surface area contributed by atoms with Crippen molar-refractivity contribution in [2.75, 3.05) is 5.32 Å². The fourth-order valence-corrected chi connectivity index (χ4v) is 6.60. The lowest BCUT2D eigenvalue weighted by atomic mass is 9.61. The van der Waals surface area contributed by atoms with Crippen LogP contribution in [0.1, 0.15) is 31.2 Å². The van der Waals surface area contributed by atoms with Crippen LogP contribution in [0.25, 0.3) is 33.0 Å². The largest absolute Gasteiger partial charge is 0.481 e. The number of fused-ring (bicyclic) bond motifs is 4. The molecule has 0 aromatic carbocycles. The summed E-state index contributed by atoms with van der Waals surface area (Å²) < 4.78 is 29.9. The molecular weight excluding hydrogens is 472 g/mol. The van der Waals surface area contributed by atoms with E-state index in [9.17, 15) is 14.3 Å². The Balaban J connectivity index is 1.50. The third kappa shape index (κ3) is 3.76. The molecule has 4 heterocycles. The number of nitrogens with zero attached hydrogens (tertiary/aromatic N) is 3. The highest BCUT2D eigenvalue weighted by molar-refractivity contribution is 7.13. The van der Waals surface area contributed by atoms with Gasteiger partial charge in [0.2, 0.25) is 0 Å². The number of thiophene rings is 1. The van der Waals surface area contributed by atoms with Crippen LogP contribution in [0.5, 0.6) is 0 Å². The van der Waals surface area contributed by atoms with Crippen LogP contribution in [0.4, 0.5) is 14.6 Å². The Bertz CT molecular complexity index is 1440. The highest BCUT2D eigenvalue weighted by Gasteiger charge is 2.47. The summed E-state index contributed by atoms with van der Waals surface area (Å²) in [5.41, 5.74) is 2.06. The molecule has 3 saturated carbocycles. The number of aryl methyl sites for hydroxylation is 1. The smallest absolute Gasteiger partial charge is 0.308 e. The summed E-state index contributed by atoms with van der Waals surface area (Å²) in [4.78, 5) is 28.9. The first-order valence-corrected chi connectivity index (χ1v) is 12.5. The van der Waals surface area contributed by atoms with Gasteiger partial charge in [-0.25, -0.2) is 23.7 Å². The number of halogens is 2. The number of carbonyl (C=O) groups is 1. The van der Waals surface area contributed by atoms with Gasteiger partial charge in [0.25, 0.3) is 0 Å². The van der Waals surface area contributed by atoms with Crippen LogP contribution in [0, 0.1) is 36.3 Å². The first kappa shape index (κ1) is 22.1. The third-order valence-corrected chi connectivity index (χ3v) is 8.42. The van der Waals surface area contributed by atoms with Crippen molar-refractivity contribution in [2.45, 2.75) is 38.6 Å². The summed E-state index contributed by atoms with van der Waals surface area (Å²) in [6, 6.07) is 2.77. The fourth-order valence-electron chi connectivity index (χ4n) is 5.72. The number of carboxylic acid groups (broad SMARTS) is 1. The lowest BCUT2D eigenvalue weighted by molar-refractivity contribution is -0.148. The van der Waals surface area contributed by atoms with E-state index in [-0.39, 0.29) is 29.2 Å². The minimum absolute atomic E-state index is 0.0291. The van der Waals surface area contributed by atoms with Crippen LogP contribution in [0.3, 0.4) is 0 Å². The van der Waals surface area contributed by atoms with Gasteiger partial charge in [0, 0.05) is 23.2 Å². The van der Waals surface area contributed by atoms with Gasteiger partial charge in [-0.05, 0) is 67.5 Å². The van der Waals surface area contributed by atoms with Crippen molar-refractivity contribution in [1.82, 2.24) is 19.9 Å². The molecule has 2 atom stereocenters. The maximum Gasteiger partial charge on any atom is 0.308 e. The molecule has 0 amide bonds. The Morgan fingerprint density at radius 1 is 1.17 bits per heavy atom. The lowest BCUT2D eigenvalue weighted by Crippen LogP contribution is -2.51. The quantitative estimate of drug-likeness (QED) is 0.331. The molecule has 0 saturated heterocycles. The number of H-pyrrole nitrogens is 1. The number of aliphatic carboxylic acids is 1. The van der Waals surface area contributed by atoms with E-state index in [1.807, 2.05) is 18.4 Å². The molecule has 10 heteroatoms. The van der Waals surface area contributed by atoms with Gasteiger partial charge in [0.05, 0.1) is 17.0 Å². The second-order valence-electron chi connectivity index (χ2n) is 9.51. The number of hydrogen-bond donors (Lipinski definition) is 3. The number of hydrogen-bond acceptors (Lipinski definition) is 6. The molecule has 2 unspecified atom stereocenters. The zero-order chi connectivity index (χ0) is 24.3. The molecule has 35 heavy (non-hydrogen) atoms. The first-order valence-electron chi connectivity index (χ1n) is 11.6. The molecule has 180 valence electrons. The molecule has 3 aliphatic carbocycles. The lowest BCUT2D eigenvalue weighted by Gasteiger charge is -2.47. The molecule has 7 nitrogen and oxygen atoms in total. The van der Waals surface area contributed by atoms with Gasteiger partial charge < -0.3 is 15.4 Å². The van der Waals surface area contributed by atoms with Gasteiger partial charge in [-0.2, -0.15) is 0 Å². The van der Waals surface area contributed by atoms with Crippen LogP contribution >= 0.6 is 11.3 Å². The maximum absolute atomic E-state index is 15.9. The number of aromatic amines is 1. The first-order chi connectivity index (χ1) is 16.9. The summed E-state index contributed by atoms with van der Waals surface area (Å²) in [6.45, 7) is 1.92. The molecule has 2 bridgehead atoms. The Kier molecular flexibility index (Phi) is 5.28. The minimum Gasteiger partial charge on any atom is -0.481 e. The van der Waals surface area contributed by atoms with Crippen LogP contribution in [0.15, 0.2) is 29.9 Å². The van der Waals surface area contributed by atoms with Crippen molar-refractivity contribution in [3.05, 3.63) is 47.1 Å². The normalized spacial score (nSPS) is 23.6. The molecule has 3 fully saturated rings. The maximum atomic E-state index is 15.9. The molecule has 0 aliphatic heterocycles. The average Bonchev–Trinajstić information content (AvgIpc) is 3.46. The summed E-state index contributed by atoms with van der Waals surface area (Å²) in [5.74, 6) is -2.20. The van der Waals surface area contributed by atoms with Crippen molar-refractivity contribution in [1.29, 1.82) is 0 Å². The van der Waals surface area contributed by atoms with E-state index in [1.54, 1.807) is 6.20 Å². The number of aromatic nitrogens is 4. The van der Waals surface area contributed by atoms with E-state index < -0.39 is 29.6 Å². The molecule has 4 aromatic rings. The number of nitrogens with one attached hydrogen (secondary N) is 2. The molecule has 7 rings (SSSR count). The Morgan fingerprint density at radius 2 is 1.94 bits per heavy atom. The molecule has 3 aliphatic rings. The second kappa shape index (κ2) is 8.37. The monoisotopic (exact) mass is 495 g/mol. The predicted molar refractivity (Wildman–Crippen MR) is 129 cm³/mol. The third-order valence-electron chi connectivity index (χ3n) is 7.36. The molecule has 3 N–H and O–H groups in total. The number of rotatable bonds is 5. The van der Waals surface area contributed by atoms with E-state index in [1.165, 1.54) is 17.4 Å². The average molecular weight is 496 g/mol. The van der Waals surface area contributed by atoms with Gasteiger partial charge in [-0.1, -0.05) is 0 Å².